The molecule has 0 spiro atoms. The summed E-state index contributed by atoms with van der Waals surface area (Å²) < 4.78 is 0. The maximum Gasteiger partial charge on any atom is 0.123 e. The first-order chi connectivity index (χ1) is 15.7. The summed E-state index contributed by atoms with van der Waals surface area (Å²) in [7, 11) is 0. The van der Waals surface area contributed by atoms with E-state index in [1.54, 1.807) is 0 Å². The van der Waals surface area contributed by atoms with Gasteiger partial charge in [-0.1, -0.05) is 80.1 Å². The Hall–Kier alpha value is -2.87. The van der Waals surface area contributed by atoms with E-state index in [4.69, 9.17) is 0 Å². The molecule has 2 aliphatic rings. The van der Waals surface area contributed by atoms with E-state index in [1.165, 1.54) is 40.6 Å². The van der Waals surface area contributed by atoms with Crippen molar-refractivity contribution in [2.24, 2.45) is 11.8 Å². The van der Waals surface area contributed by atoms with Crippen molar-refractivity contribution in [3.8, 4) is 0 Å². The third kappa shape index (κ3) is 3.99. The van der Waals surface area contributed by atoms with Gasteiger partial charge in [0.1, 0.15) is 6.29 Å². The lowest BCUT2D eigenvalue weighted by atomic mass is 9.55. The molecule has 0 N–H and O–H groups in total. The molecule has 1 saturated carbocycles. The van der Waals surface area contributed by atoms with E-state index in [9.17, 15) is 4.79 Å². The molecule has 2 heteroatoms. The van der Waals surface area contributed by atoms with Crippen LogP contribution in [0.5, 0.6) is 0 Å². The van der Waals surface area contributed by atoms with E-state index in [-0.39, 0.29) is 11.3 Å². The Morgan fingerprint density at radius 2 is 1.56 bits per heavy atom. The van der Waals surface area contributed by atoms with Crippen LogP contribution >= 0.6 is 0 Å². The number of nitrogens with zero attached hydrogens (tertiary/aromatic N) is 1. The van der Waals surface area contributed by atoms with Crippen molar-refractivity contribution in [1.29, 1.82) is 0 Å². The summed E-state index contributed by atoms with van der Waals surface area (Å²) >= 11 is 0. The molecule has 1 fully saturated rings. The molecule has 0 aliphatic heterocycles. The molecule has 0 heterocycles. The number of benzene rings is 3. The van der Waals surface area contributed by atoms with Crippen LogP contribution in [0, 0.1) is 11.8 Å². The van der Waals surface area contributed by atoms with Crippen LogP contribution in [0.4, 0.5) is 5.69 Å². The summed E-state index contributed by atoms with van der Waals surface area (Å²) in [4.78, 5) is 14.3. The number of rotatable bonds is 6. The monoisotopic (exact) mass is 423 g/mol. The van der Waals surface area contributed by atoms with Crippen LogP contribution in [0.1, 0.15) is 54.9 Å². The molecule has 0 aromatic heterocycles. The third-order valence-electron chi connectivity index (χ3n) is 7.97. The van der Waals surface area contributed by atoms with Gasteiger partial charge in [-0.2, -0.15) is 0 Å². The van der Waals surface area contributed by atoms with Crippen molar-refractivity contribution in [1.82, 2.24) is 0 Å². The molecule has 5 rings (SSSR count). The molecular weight excluding hydrogens is 390 g/mol. The Labute approximate surface area is 192 Å². The Morgan fingerprint density at radius 3 is 2.19 bits per heavy atom. The first kappa shape index (κ1) is 21.0. The zero-order chi connectivity index (χ0) is 22.0. The lowest BCUT2D eigenvalue weighted by Crippen LogP contribution is -2.44. The van der Waals surface area contributed by atoms with Crippen LogP contribution in [0.2, 0.25) is 0 Å². The first-order valence-electron chi connectivity index (χ1n) is 12.1. The Balaban J connectivity index is 1.52. The summed E-state index contributed by atoms with van der Waals surface area (Å²) in [5, 5.41) is 0. The lowest BCUT2D eigenvalue weighted by molar-refractivity contribution is -0.115. The average molecular weight is 424 g/mol. The Kier molecular flexibility index (Phi) is 5.87. The van der Waals surface area contributed by atoms with Crippen LogP contribution < -0.4 is 4.90 Å². The second kappa shape index (κ2) is 8.94. The minimum atomic E-state index is 0.110. The number of anilines is 1. The molecule has 2 aliphatic carbocycles. The molecule has 3 aromatic rings. The standard InChI is InChI=1S/C30H33NO/c1-30-18-8-13-26(22-32)28(30)17-15-25-14-16-27(19-29(25)30)31(20-23-9-4-2-5-10-23)21-24-11-6-3-7-12-24/h2-7,9-12,14,16,19,22,26,28H,8,13,15,17-18,20-21H2,1H3. The van der Waals surface area contributed by atoms with Crippen molar-refractivity contribution >= 4 is 12.0 Å². The minimum Gasteiger partial charge on any atom is -0.363 e. The van der Waals surface area contributed by atoms with Gasteiger partial charge in [-0.3, -0.25) is 0 Å². The minimum absolute atomic E-state index is 0.110. The fourth-order valence-corrected chi connectivity index (χ4v) is 6.26. The van der Waals surface area contributed by atoms with Gasteiger partial charge in [0, 0.05) is 24.7 Å². The predicted molar refractivity (Wildman–Crippen MR) is 132 cm³/mol. The van der Waals surface area contributed by atoms with E-state index in [0.29, 0.717) is 5.92 Å². The number of aldehydes is 1. The fourth-order valence-electron chi connectivity index (χ4n) is 6.26. The van der Waals surface area contributed by atoms with Gasteiger partial charge in [-0.05, 0) is 71.4 Å². The van der Waals surface area contributed by atoms with Gasteiger partial charge in [-0.15, -0.1) is 0 Å². The summed E-state index contributed by atoms with van der Waals surface area (Å²) in [6, 6.07) is 28.6. The normalized spacial score (nSPS) is 24.3. The van der Waals surface area contributed by atoms with Crippen molar-refractivity contribution in [3.63, 3.8) is 0 Å². The van der Waals surface area contributed by atoms with Gasteiger partial charge in [-0.25, -0.2) is 0 Å². The van der Waals surface area contributed by atoms with E-state index < -0.39 is 0 Å². The number of carbonyl (C=O) groups excluding carboxylic acids is 1. The highest BCUT2D eigenvalue weighted by atomic mass is 16.1. The Morgan fingerprint density at radius 1 is 0.906 bits per heavy atom. The van der Waals surface area contributed by atoms with Crippen molar-refractivity contribution in [2.75, 3.05) is 4.90 Å². The number of carbonyl (C=O) groups is 1. The van der Waals surface area contributed by atoms with Gasteiger partial charge >= 0.3 is 0 Å². The first-order valence-corrected chi connectivity index (χ1v) is 12.1. The smallest absolute Gasteiger partial charge is 0.123 e. The van der Waals surface area contributed by atoms with Gasteiger partial charge in [0.2, 0.25) is 0 Å². The second-order valence-corrected chi connectivity index (χ2v) is 9.92. The maximum absolute atomic E-state index is 11.8. The molecule has 164 valence electrons. The predicted octanol–water partition coefficient (Wildman–Crippen LogP) is 6.71. The zero-order valence-corrected chi connectivity index (χ0v) is 19.0. The third-order valence-corrected chi connectivity index (χ3v) is 7.97. The fraction of sp³-hybridized carbons (Fsp3) is 0.367. The van der Waals surface area contributed by atoms with Crippen LogP contribution in [-0.2, 0) is 29.7 Å². The SMILES string of the molecule is CC12CCCC(C=O)C1CCc1ccc(N(Cc3ccccc3)Cc3ccccc3)cc12. The molecule has 0 radical (unpaired) electrons. The number of aryl methyl sites for hydroxylation is 1. The summed E-state index contributed by atoms with van der Waals surface area (Å²) in [5.41, 5.74) is 7.01. The summed E-state index contributed by atoms with van der Waals surface area (Å²) in [6.45, 7) is 4.19. The topological polar surface area (TPSA) is 20.3 Å². The molecule has 0 bridgehead atoms. The number of fused-ring (bicyclic) bond motifs is 3. The summed E-state index contributed by atoms with van der Waals surface area (Å²) in [5.74, 6) is 0.698. The van der Waals surface area contributed by atoms with Gasteiger partial charge in [0.05, 0.1) is 0 Å². The van der Waals surface area contributed by atoms with E-state index in [0.717, 1.165) is 38.8 Å². The second-order valence-electron chi connectivity index (χ2n) is 9.92. The molecule has 2 nitrogen and oxygen atoms in total. The van der Waals surface area contributed by atoms with E-state index in [1.807, 2.05) is 0 Å². The quantitative estimate of drug-likeness (QED) is 0.411. The van der Waals surface area contributed by atoms with Crippen LogP contribution in [0.3, 0.4) is 0 Å². The van der Waals surface area contributed by atoms with Gasteiger partial charge in [0.15, 0.2) is 0 Å². The molecule has 3 atom stereocenters. The van der Waals surface area contributed by atoms with Crippen molar-refractivity contribution < 1.29 is 4.79 Å². The van der Waals surface area contributed by atoms with E-state index in [2.05, 4.69) is 90.7 Å². The highest BCUT2D eigenvalue weighted by Crippen LogP contribution is 2.52. The average Bonchev–Trinajstić information content (AvgIpc) is 2.84. The number of hydrogen-bond donors (Lipinski definition) is 0. The zero-order valence-electron chi connectivity index (χ0n) is 19.0. The Bertz CT molecular complexity index is 1020. The van der Waals surface area contributed by atoms with Crippen LogP contribution in [0.25, 0.3) is 0 Å². The molecule has 32 heavy (non-hydrogen) atoms. The van der Waals surface area contributed by atoms with Gasteiger partial charge < -0.3 is 9.69 Å². The van der Waals surface area contributed by atoms with E-state index >= 15 is 0 Å². The largest absolute Gasteiger partial charge is 0.363 e. The molecule has 0 saturated heterocycles. The van der Waals surface area contributed by atoms with Gasteiger partial charge in [0.25, 0.3) is 0 Å². The van der Waals surface area contributed by atoms with Crippen LogP contribution in [0.15, 0.2) is 78.9 Å². The lowest BCUT2D eigenvalue weighted by Gasteiger charge is -2.49. The summed E-state index contributed by atoms with van der Waals surface area (Å²) in [6.07, 6.45) is 6.89. The highest BCUT2D eigenvalue weighted by molar-refractivity contribution is 5.59. The van der Waals surface area contributed by atoms with Crippen molar-refractivity contribution in [2.45, 2.75) is 57.5 Å². The van der Waals surface area contributed by atoms with Crippen molar-refractivity contribution in [3.05, 3.63) is 101 Å². The molecule has 0 amide bonds. The molecular formula is C30H33NO. The highest BCUT2D eigenvalue weighted by Gasteiger charge is 2.46. The molecule has 3 unspecified atom stereocenters. The maximum atomic E-state index is 11.8. The van der Waals surface area contributed by atoms with Crippen LogP contribution in [-0.4, -0.2) is 6.29 Å². The number of hydrogen-bond acceptors (Lipinski definition) is 2. The molecule has 3 aromatic carbocycles.